The smallest absolute Gasteiger partial charge is 0.118 e. The average Bonchev–Trinajstić information content (AvgIpc) is 3.21. The summed E-state index contributed by atoms with van der Waals surface area (Å²) in [6.07, 6.45) is 2.61. The molecule has 2 aliphatic rings. The summed E-state index contributed by atoms with van der Waals surface area (Å²) in [5, 5.41) is 3.03. The summed E-state index contributed by atoms with van der Waals surface area (Å²) in [5.74, 6) is 0. The molecule has 0 N–H and O–H groups in total. The summed E-state index contributed by atoms with van der Waals surface area (Å²) >= 11 is 0. The highest BCUT2D eigenvalue weighted by Crippen LogP contribution is 2.50. The van der Waals surface area contributed by atoms with Crippen molar-refractivity contribution in [1.82, 2.24) is 4.67 Å². The summed E-state index contributed by atoms with van der Waals surface area (Å²) in [6.45, 7) is 6.10. The summed E-state index contributed by atoms with van der Waals surface area (Å²) in [6, 6.07) is 24.1. The summed E-state index contributed by atoms with van der Waals surface area (Å²) in [7, 11) is -1.30. The second kappa shape index (κ2) is 6.38. The molecule has 24 heavy (non-hydrogen) atoms. The van der Waals surface area contributed by atoms with E-state index in [1.165, 1.54) is 29.8 Å². The van der Waals surface area contributed by atoms with E-state index in [9.17, 15) is 0 Å². The van der Waals surface area contributed by atoms with Gasteiger partial charge in [0, 0.05) is 12.6 Å². The van der Waals surface area contributed by atoms with Crippen molar-refractivity contribution in [2.24, 2.45) is 0 Å². The normalized spacial score (nSPS) is 28.3. The Labute approximate surface area is 148 Å². The zero-order chi connectivity index (χ0) is 16.6. The first-order chi connectivity index (χ1) is 11.6. The predicted molar refractivity (Wildman–Crippen MR) is 106 cm³/mol. The minimum Gasteiger partial charge on any atom is -0.339 e. The molecule has 2 heterocycles. The molecule has 126 valence electrons. The van der Waals surface area contributed by atoms with E-state index in [2.05, 4.69) is 78.8 Å². The lowest BCUT2D eigenvalue weighted by atomic mass is 9.97. The van der Waals surface area contributed by atoms with Gasteiger partial charge in [-0.15, -0.1) is 0 Å². The monoisotopic (exact) mass is 355 g/mol. The molecule has 2 fully saturated rings. The van der Waals surface area contributed by atoms with Crippen LogP contribution in [0.5, 0.6) is 0 Å². The van der Waals surface area contributed by atoms with Gasteiger partial charge in [0.25, 0.3) is 0 Å². The quantitative estimate of drug-likeness (QED) is 0.613. The zero-order valence-corrected chi connectivity index (χ0v) is 16.5. The number of nitrogens with zero attached hydrogens (tertiary/aromatic N) is 1. The third-order valence-electron chi connectivity index (χ3n) is 5.88. The molecule has 0 radical (unpaired) electrons. The molecule has 0 spiro atoms. The minimum atomic E-state index is -1.85. The van der Waals surface area contributed by atoms with Gasteiger partial charge in [0.15, 0.2) is 0 Å². The number of fused-ring (bicyclic) bond motifs is 1. The number of hydrogen-bond acceptors (Lipinski definition) is 2. The van der Waals surface area contributed by atoms with E-state index >= 15 is 0 Å². The summed E-state index contributed by atoms with van der Waals surface area (Å²) in [5.41, 5.74) is -0.0123. The van der Waals surface area contributed by atoms with Crippen LogP contribution in [-0.4, -0.2) is 30.9 Å². The van der Waals surface area contributed by atoms with Crippen molar-refractivity contribution in [2.45, 2.75) is 44.0 Å². The Morgan fingerprint density at radius 2 is 1.67 bits per heavy atom. The largest absolute Gasteiger partial charge is 0.339 e. The van der Waals surface area contributed by atoms with E-state index in [-0.39, 0.29) is 5.60 Å². The lowest BCUT2D eigenvalue weighted by molar-refractivity contribution is 0.113. The third-order valence-corrected chi connectivity index (χ3v) is 11.8. The fraction of sp³-hybridized carbons (Fsp3) is 0.400. The number of hydrogen-bond donors (Lipinski definition) is 0. The van der Waals surface area contributed by atoms with Crippen LogP contribution < -0.4 is 10.4 Å². The molecular formula is C20H26NOPSi. The molecule has 4 heteroatoms. The van der Waals surface area contributed by atoms with Gasteiger partial charge in [0.2, 0.25) is 0 Å². The highest BCUT2D eigenvalue weighted by atomic mass is 31.1. The van der Waals surface area contributed by atoms with E-state index in [0.29, 0.717) is 15.0 Å². The van der Waals surface area contributed by atoms with Gasteiger partial charge < -0.3 is 4.52 Å². The fourth-order valence-electron chi connectivity index (χ4n) is 4.58. The number of rotatable bonds is 4. The molecule has 0 saturated carbocycles. The lowest BCUT2D eigenvalue weighted by Crippen LogP contribution is -2.60. The Morgan fingerprint density at radius 1 is 1.08 bits per heavy atom. The minimum absolute atomic E-state index is 0.0123. The van der Waals surface area contributed by atoms with Crippen LogP contribution in [0.25, 0.3) is 0 Å². The summed E-state index contributed by atoms with van der Waals surface area (Å²) in [4.78, 5) is 0. The molecule has 2 saturated heterocycles. The van der Waals surface area contributed by atoms with Gasteiger partial charge in [-0.3, -0.25) is 4.67 Å². The number of benzene rings is 2. The van der Waals surface area contributed by atoms with Gasteiger partial charge in [0.05, 0.1) is 14.6 Å². The SMILES string of the molecule is C[C@]1(C[Si](C)(c2ccccc2)c2ccccc2)OPN2CCC[C@H]21. The van der Waals surface area contributed by atoms with Crippen molar-refractivity contribution in [1.29, 1.82) is 0 Å². The Morgan fingerprint density at radius 3 is 2.25 bits per heavy atom. The van der Waals surface area contributed by atoms with Gasteiger partial charge in [-0.1, -0.05) is 77.6 Å². The first-order valence-electron chi connectivity index (χ1n) is 8.93. The van der Waals surface area contributed by atoms with Crippen molar-refractivity contribution in [3.05, 3.63) is 60.7 Å². The van der Waals surface area contributed by atoms with Gasteiger partial charge in [0.1, 0.15) is 8.07 Å². The van der Waals surface area contributed by atoms with Crippen molar-refractivity contribution in [2.75, 3.05) is 6.54 Å². The maximum absolute atomic E-state index is 6.43. The Hall–Kier alpha value is -0.993. The topological polar surface area (TPSA) is 12.5 Å². The van der Waals surface area contributed by atoms with E-state index < -0.39 is 8.07 Å². The first-order valence-corrected chi connectivity index (χ1v) is 12.5. The average molecular weight is 355 g/mol. The molecule has 0 aliphatic carbocycles. The van der Waals surface area contributed by atoms with E-state index in [4.69, 9.17) is 4.52 Å². The molecular weight excluding hydrogens is 329 g/mol. The van der Waals surface area contributed by atoms with Gasteiger partial charge >= 0.3 is 0 Å². The van der Waals surface area contributed by atoms with Crippen molar-refractivity contribution in [3.63, 3.8) is 0 Å². The van der Waals surface area contributed by atoms with E-state index in [1.807, 2.05) is 0 Å². The molecule has 2 aromatic carbocycles. The zero-order valence-electron chi connectivity index (χ0n) is 14.5. The molecule has 0 amide bonds. The summed E-state index contributed by atoms with van der Waals surface area (Å²) < 4.78 is 9.01. The van der Waals surface area contributed by atoms with Crippen LogP contribution in [-0.2, 0) is 4.52 Å². The predicted octanol–water partition coefficient (Wildman–Crippen LogP) is 3.64. The standard InChI is InChI=1S/C20H26NOPSi/c1-20(19-14-9-15-21(19)23-22-20)16-24(2,17-10-5-3-6-11-17)18-12-7-4-8-13-18/h3-8,10-13,19,23H,9,14-16H2,1-2H3/t19-,20+/m0/s1. The lowest BCUT2D eigenvalue weighted by Gasteiger charge is -2.38. The third kappa shape index (κ3) is 2.78. The molecule has 0 aromatic heterocycles. The van der Waals surface area contributed by atoms with Gasteiger partial charge in [-0.2, -0.15) is 0 Å². The van der Waals surface area contributed by atoms with Crippen LogP contribution in [0, 0.1) is 0 Å². The van der Waals surface area contributed by atoms with E-state index in [1.54, 1.807) is 0 Å². The molecule has 1 unspecified atom stereocenters. The first kappa shape index (κ1) is 16.5. The molecule has 2 aromatic rings. The van der Waals surface area contributed by atoms with Crippen molar-refractivity contribution in [3.8, 4) is 0 Å². The molecule has 4 rings (SSSR count). The Kier molecular flexibility index (Phi) is 4.38. The second-order valence-corrected chi connectivity index (χ2v) is 12.7. The fourth-order valence-corrected chi connectivity index (χ4v) is 10.3. The van der Waals surface area contributed by atoms with Crippen LogP contribution in [0.15, 0.2) is 60.7 Å². The van der Waals surface area contributed by atoms with Crippen LogP contribution >= 0.6 is 8.96 Å². The molecule has 0 bridgehead atoms. The highest BCUT2D eigenvalue weighted by Gasteiger charge is 2.52. The molecule has 2 aliphatic heterocycles. The van der Waals surface area contributed by atoms with Gasteiger partial charge in [-0.25, -0.2) is 0 Å². The van der Waals surface area contributed by atoms with Crippen molar-refractivity contribution >= 4 is 27.4 Å². The maximum atomic E-state index is 6.43. The van der Waals surface area contributed by atoms with Crippen LogP contribution in [0.4, 0.5) is 0 Å². The van der Waals surface area contributed by atoms with E-state index in [0.717, 1.165) is 6.04 Å². The van der Waals surface area contributed by atoms with Crippen LogP contribution in [0.2, 0.25) is 12.6 Å². The second-order valence-electron chi connectivity index (χ2n) is 7.60. The van der Waals surface area contributed by atoms with Gasteiger partial charge in [-0.05, 0) is 25.8 Å². The van der Waals surface area contributed by atoms with Crippen LogP contribution in [0.3, 0.4) is 0 Å². The highest BCUT2D eigenvalue weighted by molar-refractivity contribution is 7.29. The maximum Gasteiger partial charge on any atom is 0.118 e. The van der Waals surface area contributed by atoms with Crippen molar-refractivity contribution < 1.29 is 4.52 Å². The molecule has 3 atom stereocenters. The Bertz CT molecular complexity index is 656. The Balaban J connectivity index is 1.74. The van der Waals surface area contributed by atoms with Crippen LogP contribution in [0.1, 0.15) is 19.8 Å². The molecule has 2 nitrogen and oxygen atoms in total.